The zero-order chi connectivity index (χ0) is 13.0. The Bertz CT molecular complexity index is 410. The molecule has 0 aromatic carbocycles. The van der Waals surface area contributed by atoms with Gasteiger partial charge in [-0.3, -0.25) is 5.41 Å². The summed E-state index contributed by atoms with van der Waals surface area (Å²) in [6.07, 6.45) is 6.89. The van der Waals surface area contributed by atoms with Crippen LogP contribution in [-0.4, -0.2) is 18.0 Å². The van der Waals surface area contributed by atoms with Crippen LogP contribution in [0.25, 0.3) is 0 Å². The molecule has 0 saturated heterocycles. The average Bonchev–Trinajstić information content (AvgIpc) is 2.83. The Hall–Kier alpha value is -1.98. The minimum Gasteiger partial charge on any atom is -0.448 e. The van der Waals surface area contributed by atoms with Crippen molar-refractivity contribution < 1.29 is 9.21 Å². The molecule has 0 spiro atoms. The molecular weight excluding hydrogens is 232 g/mol. The van der Waals surface area contributed by atoms with Gasteiger partial charge >= 0.3 is 6.03 Å². The molecule has 0 bridgehead atoms. The van der Waals surface area contributed by atoms with Crippen molar-refractivity contribution in [3.63, 3.8) is 0 Å². The summed E-state index contributed by atoms with van der Waals surface area (Å²) in [7, 11) is 0. The first-order chi connectivity index (χ1) is 8.68. The van der Waals surface area contributed by atoms with Gasteiger partial charge in [0.2, 0.25) is 11.8 Å². The van der Waals surface area contributed by atoms with Crippen LogP contribution in [0.5, 0.6) is 0 Å². The quantitative estimate of drug-likeness (QED) is 0.553. The van der Waals surface area contributed by atoms with Crippen molar-refractivity contribution >= 4 is 17.9 Å². The number of rotatable bonds is 2. The van der Waals surface area contributed by atoms with E-state index in [-0.39, 0.29) is 17.9 Å². The van der Waals surface area contributed by atoms with Crippen molar-refractivity contribution in [2.45, 2.75) is 38.1 Å². The number of furan rings is 1. The van der Waals surface area contributed by atoms with Gasteiger partial charge in [-0.25, -0.2) is 9.69 Å². The van der Waals surface area contributed by atoms with Gasteiger partial charge in [-0.1, -0.05) is 19.3 Å². The highest BCUT2D eigenvalue weighted by atomic mass is 16.3. The van der Waals surface area contributed by atoms with Crippen LogP contribution >= 0.6 is 0 Å². The minimum absolute atomic E-state index is 0.170. The van der Waals surface area contributed by atoms with Gasteiger partial charge in [0.1, 0.15) is 0 Å². The molecule has 1 aliphatic carbocycles. The van der Waals surface area contributed by atoms with E-state index in [1.54, 1.807) is 12.1 Å². The summed E-state index contributed by atoms with van der Waals surface area (Å²) in [5, 5.41) is 10.4. The van der Waals surface area contributed by atoms with E-state index in [0.717, 1.165) is 30.6 Å². The van der Waals surface area contributed by atoms with Crippen LogP contribution in [0.1, 0.15) is 32.1 Å². The van der Waals surface area contributed by atoms with Crippen molar-refractivity contribution in [3.8, 4) is 0 Å². The van der Waals surface area contributed by atoms with E-state index in [1.165, 1.54) is 12.7 Å². The second-order valence-corrected chi connectivity index (χ2v) is 4.46. The number of guanidine groups is 1. The third-order valence-corrected chi connectivity index (χ3v) is 3.10. The zero-order valence-corrected chi connectivity index (χ0v) is 10.2. The Balaban J connectivity index is 2.02. The van der Waals surface area contributed by atoms with Crippen molar-refractivity contribution in [1.29, 1.82) is 5.41 Å². The molecule has 1 heterocycles. The Morgan fingerprint density at radius 3 is 2.72 bits per heavy atom. The Morgan fingerprint density at radius 2 is 2.17 bits per heavy atom. The smallest absolute Gasteiger partial charge is 0.331 e. The van der Waals surface area contributed by atoms with Crippen LogP contribution in [0.2, 0.25) is 0 Å². The molecule has 1 fully saturated rings. The van der Waals surface area contributed by atoms with Gasteiger partial charge in [0.05, 0.1) is 6.26 Å². The summed E-state index contributed by atoms with van der Waals surface area (Å²) in [6, 6.07) is 3.02. The first kappa shape index (κ1) is 12.5. The number of nitrogens with two attached hydrogens (primary N) is 1. The maximum absolute atomic E-state index is 12.1. The molecule has 0 unspecified atom stereocenters. The van der Waals surface area contributed by atoms with E-state index < -0.39 is 6.03 Å². The third-order valence-electron chi connectivity index (χ3n) is 3.10. The molecule has 2 amide bonds. The lowest BCUT2D eigenvalue weighted by molar-refractivity contribution is 0.240. The van der Waals surface area contributed by atoms with E-state index in [0.29, 0.717) is 0 Å². The van der Waals surface area contributed by atoms with Gasteiger partial charge < -0.3 is 15.5 Å². The first-order valence-electron chi connectivity index (χ1n) is 6.16. The van der Waals surface area contributed by atoms with Gasteiger partial charge in [-0.05, 0) is 18.9 Å². The van der Waals surface area contributed by atoms with Crippen molar-refractivity contribution in [1.82, 2.24) is 5.32 Å². The van der Waals surface area contributed by atoms with Crippen LogP contribution in [0, 0.1) is 5.41 Å². The summed E-state index contributed by atoms with van der Waals surface area (Å²) < 4.78 is 5.11. The number of nitrogens with one attached hydrogen (secondary N) is 2. The van der Waals surface area contributed by atoms with Crippen LogP contribution in [0.15, 0.2) is 22.8 Å². The summed E-state index contributed by atoms with van der Waals surface area (Å²) in [6.45, 7) is 0. The molecule has 1 saturated carbocycles. The number of carbonyl (C=O) groups is 1. The molecule has 1 aromatic heterocycles. The number of hydrogen-bond acceptors (Lipinski definition) is 3. The SMILES string of the molecule is N=C(N)N(C(=O)NC1CCCCC1)c1ccco1. The average molecular weight is 250 g/mol. The number of carbonyl (C=O) groups excluding carboxylic acids is 1. The fraction of sp³-hybridized carbons (Fsp3) is 0.500. The molecule has 0 atom stereocenters. The van der Waals surface area contributed by atoms with Crippen molar-refractivity contribution in [3.05, 3.63) is 18.4 Å². The summed E-state index contributed by atoms with van der Waals surface area (Å²) >= 11 is 0. The number of urea groups is 1. The zero-order valence-electron chi connectivity index (χ0n) is 10.2. The normalized spacial score (nSPS) is 16.2. The minimum atomic E-state index is -0.399. The van der Waals surface area contributed by atoms with Gasteiger partial charge in [0, 0.05) is 12.1 Å². The lowest BCUT2D eigenvalue weighted by Crippen LogP contribution is -2.50. The van der Waals surface area contributed by atoms with Crippen LogP contribution < -0.4 is 16.0 Å². The Labute approximate surface area is 106 Å². The molecule has 18 heavy (non-hydrogen) atoms. The van der Waals surface area contributed by atoms with Gasteiger partial charge in [0.25, 0.3) is 0 Å². The maximum Gasteiger partial charge on any atom is 0.331 e. The topological polar surface area (TPSA) is 95.4 Å². The predicted octanol–water partition coefficient (Wildman–Crippen LogP) is 2.02. The van der Waals surface area contributed by atoms with E-state index >= 15 is 0 Å². The summed E-state index contributed by atoms with van der Waals surface area (Å²) in [4.78, 5) is 13.1. The van der Waals surface area contributed by atoms with Crippen LogP contribution in [0.4, 0.5) is 10.7 Å². The molecule has 98 valence electrons. The van der Waals surface area contributed by atoms with Crippen molar-refractivity contribution in [2.24, 2.45) is 5.73 Å². The number of amides is 2. The first-order valence-corrected chi connectivity index (χ1v) is 6.16. The lowest BCUT2D eigenvalue weighted by atomic mass is 9.96. The standard InChI is InChI=1S/C12H18N4O2/c13-11(14)16(10-7-4-8-18-10)12(17)15-9-5-2-1-3-6-9/h4,7-9H,1-3,5-6H2,(H3,13,14)(H,15,17). The molecule has 1 aliphatic rings. The van der Waals surface area contributed by atoms with Crippen LogP contribution in [0.3, 0.4) is 0 Å². The maximum atomic E-state index is 12.1. The third kappa shape index (κ3) is 2.82. The second kappa shape index (κ2) is 5.57. The Kier molecular flexibility index (Phi) is 3.86. The fourth-order valence-electron chi connectivity index (χ4n) is 2.21. The number of hydrogen-bond donors (Lipinski definition) is 3. The van der Waals surface area contributed by atoms with E-state index in [1.807, 2.05) is 0 Å². The molecule has 6 nitrogen and oxygen atoms in total. The highest BCUT2D eigenvalue weighted by Crippen LogP contribution is 2.19. The number of anilines is 1. The lowest BCUT2D eigenvalue weighted by Gasteiger charge is -2.26. The largest absolute Gasteiger partial charge is 0.448 e. The van der Waals surface area contributed by atoms with Crippen LogP contribution in [-0.2, 0) is 0 Å². The fourth-order valence-corrected chi connectivity index (χ4v) is 2.21. The molecule has 0 aliphatic heterocycles. The molecular formula is C12H18N4O2. The van der Waals surface area contributed by atoms with Gasteiger partial charge in [-0.15, -0.1) is 0 Å². The Morgan fingerprint density at radius 1 is 1.44 bits per heavy atom. The molecule has 2 rings (SSSR count). The number of nitrogens with zero attached hydrogens (tertiary/aromatic N) is 1. The molecule has 6 heteroatoms. The van der Waals surface area contributed by atoms with Gasteiger partial charge in [-0.2, -0.15) is 0 Å². The monoisotopic (exact) mass is 250 g/mol. The highest BCUT2D eigenvalue weighted by molar-refractivity contribution is 6.12. The van der Waals surface area contributed by atoms with Crippen molar-refractivity contribution in [2.75, 3.05) is 4.90 Å². The summed E-state index contributed by atoms with van der Waals surface area (Å²) in [5.74, 6) is -0.0888. The molecule has 0 radical (unpaired) electrons. The van der Waals surface area contributed by atoms with E-state index in [4.69, 9.17) is 15.6 Å². The second-order valence-electron chi connectivity index (χ2n) is 4.46. The van der Waals surface area contributed by atoms with E-state index in [2.05, 4.69) is 5.32 Å². The predicted molar refractivity (Wildman–Crippen MR) is 68.5 cm³/mol. The molecule has 4 N–H and O–H groups in total. The highest BCUT2D eigenvalue weighted by Gasteiger charge is 2.24. The summed E-state index contributed by atoms with van der Waals surface area (Å²) in [5.41, 5.74) is 5.42. The van der Waals surface area contributed by atoms with E-state index in [9.17, 15) is 4.79 Å². The van der Waals surface area contributed by atoms with Gasteiger partial charge in [0.15, 0.2) is 0 Å². The molecule has 1 aromatic rings.